The fraction of sp³-hybridized carbons (Fsp3) is 0.250. The van der Waals surface area contributed by atoms with E-state index in [2.05, 4.69) is 20.1 Å². The lowest BCUT2D eigenvalue weighted by atomic mass is 10.3. The molecule has 0 radical (unpaired) electrons. The summed E-state index contributed by atoms with van der Waals surface area (Å²) in [5.41, 5.74) is 5.87. The van der Waals surface area contributed by atoms with Gasteiger partial charge in [-0.15, -0.1) is 0 Å². The van der Waals surface area contributed by atoms with Crippen molar-refractivity contribution in [2.24, 2.45) is 0 Å². The number of hydrogen-bond acceptors (Lipinski definition) is 7. The van der Waals surface area contributed by atoms with Gasteiger partial charge in [0, 0.05) is 13.2 Å². The molecule has 0 aliphatic heterocycles. The zero-order valence-corrected chi connectivity index (χ0v) is 9.10. The maximum atomic E-state index is 5.64. The van der Waals surface area contributed by atoms with Crippen molar-refractivity contribution in [2.75, 3.05) is 12.8 Å². The van der Waals surface area contributed by atoms with Crippen LogP contribution in [0, 0.1) is 0 Å². The molecule has 0 amide bonds. The number of nitrogen functional groups attached to an aromatic ring is 1. The minimum atomic E-state index is 0.0128. The first-order valence-corrected chi connectivity index (χ1v) is 4.69. The molecule has 0 aromatic carbocycles. The predicted octanol–water partition coefficient (Wildman–Crippen LogP) is 0.909. The van der Waals surface area contributed by atoms with Crippen LogP contribution < -0.4 is 5.73 Å². The molecule has 84 valence electrons. The largest absolute Gasteiger partial charge is 0.377 e. The number of rotatable bonds is 3. The Morgan fingerprint density at radius 1 is 1.44 bits per heavy atom. The molecule has 0 aliphatic rings. The third kappa shape index (κ3) is 2.26. The fourth-order valence-electron chi connectivity index (χ4n) is 1.11. The average Bonchev–Trinajstić information content (AvgIpc) is 2.65. The second-order valence-electron chi connectivity index (χ2n) is 2.90. The standard InChI is InChI=1S/C8H8ClN5O2/c1-15-3-4-2-5(14-16-4)6-11-7(9)13-8(10)12-6/h2H,3H2,1H3,(H2,10,11,12,13). The monoisotopic (exact) mass is 241 g/mol. The van der Waals surface area contributed by atoms with Gasteiger partial charge in [0.1, 0.15) is 6.61 Å². The number of nitrogens with two attached hydrogens (primary N) is 1. The van der Waals surface area contributed by atoms with Gasteiger partial charge in [-0.3, -0.25) is 0 Å². The Hall–Kier alpha value is -1.73. The SMILES string of the molecule is COCc1cc(-c2nc(N)nc(Cl)n2)no1. The van der Waals surface area contributed by atoms with Crippen LogP contribution >= 0.6 is 11.6 Å². The Morgan fingerprint density at radius 3 is 2.94 bits per heavy atom. The van der Waals surface area contributed by atoms with Gasteiger partial charge in [0.2, 0.25) is 11.2 Å². The second kappa shape index (κ2) is 4.42. The molecule has 7 nitrogen and oxygen atoms in total. The van der Waals surface area contributed by atoms with Gasteiger partial charge in [-0.2, -0.15) is 15.0 Å². The Bertz CT molecular complexity index is 481. The lowest BCUT2D eigenvalue weighted by Gasteiger charge is -1.95. The lowest BCUT2D eigenvalue weighted by Crippen LogP contribution is -1.99. The highest BCUT2D eigenvalue weighted by atomic mass is 35.5. The molecule has 0 atom stereocenters. The summed E-state index contributed by atoms with van der Waals surface area (Å²) in [6.07, 6.45) is 0. The highest BCUT2D eigenvalue weighted by Crippen LogP contribution is 2.17. The van der Waals surface area contributed by atoms with Gasteiger partial charge >= 0.3 is 0 Å². The number of hydrogen-bond donors (Lipinski definition) is 1. The van der Waals surface area contributed by atoms with Crippen molar-refractivity contribution in [3.8, 4) is 11.5 Å². The van der Waals surface area contributed by atoms with Gasteiger partial charge < -0.3 is 15.0 Å². The minimum Gasteiger partial charge on any atom is -0.377 e. The molecule has 2 N–H and O–H groups in total. The Balaban J connectivity index is 2.34. The summed E-state index contributed by atoms with van der Waals surface area (Å²) < 4.78 is 9.87. The molecule has 2 heterocycles. The first-order valence-electron chi connectivity index (χ1n) is 4.31. The smallest absolute Gasteiger partial charge is 0.227 e. The van der Waals surface area contributed by atoms with Crippen molar-refractivity contribution in [2.45, 2.75) is 6.61 Å². The normalized spacial score (nSPS) is 10.6. The molecule has 0 fully saturated rings. The summed E-state index contributed by atoms with van der Waals surface area (Å²) in [6, 6.07) is 1.65. The van der Waals surface area contributed by atoms with Crippen LogP contribution in [0.1, 0.15) is 5.76 Å². The molecule has 0 bridgehead atoms. The summed E-state index contributed by atoms with van der Waals surface area (Å²) >= 11 is 5.64. The van der Waals surface area contributed by atoms with Crippen LogP contribution in [0.4, 0.5) is 5.95 Å². The fourth-order valence-corrected chi connectivity index (χ4v) is 1.28. The van der Waals surface area contributed by atoms with Crippen molar-refractivity contribution < 1.29 is 9.26 Å². The average molecular weight is 242 g/mol. The lowest BCUT2D eigenvalue weighted by molar-refractivity contribution is 0.156. The van der Waals surface area contributed by atoms with E-state index in [1.165, 1.54) is 0 Å². The number of methoxy groups -OCH3 is 1. The Morgan fingerprint density at radius 2 is 2.25 bits per heavy atom. The Labute approximate surface area is 95.6 Å². The summed E-state index contributed by atoms with van der Waals surface area (Å²) in [5, 5.41) is 3.78. The molecule has 2 aromatic rings. The van der Waals surface area contributed by atoms with Crippen LogP contribution in [0.5, 0.6) is 0 Å². The number of anilines is 1. The molecular formula is C8H8ClN5O2. The van der Waals surface area contributed by atoms with E-state index in [-0.39, 0.29) is 17.1 Å². The number of ether oxygens (including phenoxy) is 1. The zero-order chi connectivity index (χ0) is 11.5. The maximum absolute atomic E-state index is 5.64. The van der Waals surface area contributed by atoms with E-state index in [1.807, 2.05) is 0 Å². The number of nitrogens with zero attached hydrogens (tertiary/aromatic N) is 4. The van der Waals surface area contributed by atoms with Crippen LogP contribution in [0.15, 0.2) is 10.6 Å². The molecule has 8 heteroatoms. The van der Waals surface area contributed by atoms with E-state index in [0.29, 0.717) is 18.1 Å². The first-order chi connectivity index (χ1) is 7.69. The molecule has 0 unspecified atom stereocenters. The maximum Gasteiger partial charge on any atom is 0.227 e. The molecule has 0 spiro atoms. The molecule has 0 saturated carbocycles. The molecule has 0 aliphatic carbocycles. The molecule has 2 rings (SSSR count). The molecule has 16 heavy (non-hydrogen) atoms. The van der Waals surface area contributed by atoms with E-state index in [4.69, 9.17) is 26.6 Å². The summed E-state index contributed by atoms with van der Waals surface area (Å²) in [6.45, 7) is 0.321. The van der Waals surface area contributed by atoms with Crippen molar-refractivity contribution in [1.29, 1.82) is 0 Å². The van der Waals surface area contributed by atoms with Crippen LogP contribution in [0.25, 0.3) is 11.5 Å². The topological polar surface area (TPSA) is 100.0 Å². The van der Waals surface area contributed by atoms with E-state index in [9.17, 15) is 0 Å². The number of aromatic nitrogens is 4. The first kappa shape index (κ1) is 10.8. The Kier molecular flexibility index (Phi) is 2.97. The van der Waals surface area contributed by atoms with Crippen LogP contribution in [-0.2, 0) is 11.3 Å². The van der Waals surface area contributed by atoms with Crippen molar-refractivity contribution in [3.05, 3.63) is 17.1 Å². The highest BCUT2D eigenvalue weighted by molar-refractivity contribution is 6.28. The van der Waals surface area contributed by atoms with Crippen LogP contribution in [0.3, 0.4) is 0 Å². The summed E-state index contributed by atoms with van der Waals surface area (Å²) in [5.74, 6) is 0.863. The number of halogens is 1. The van der Waals surface area contributed by atoms with Gasteiger partial charge in [-0.25, -0.2) is 0 Å². The van der Waals surface area contributed by atoms with Gasteiger partial charge in [-0.1, -0.05) is 5.16 Å². The van der Waals surface area contributed by atoms with Crippen molar-refractivity contribution >= 4 is 17.5 Å². The molecule has 2 aromatic heterocycles. The van der Waals surface area contributed by atoms with Crippen molar-refractivity contribution in [3.63, 3.8) is 0 Å². The molecule has 0 saturated heterocycles. The van der Waals surface area contributed by atoms with E-state index in [0.717, 1.165) is 0 Å². The van der Waals surface area contributed by atoms with Crippen molar-refractivity contribution in [1.82, 2.24) is 20.1 Å². The molecular weight excluding hydrogens is 234 g/mol. The highest BCUT2D eigenvalue weighted by Gasteiger charge is 2.11. The quantitative estimate of drug-likeness (QED) is 0.852. The third-order valence-electron chi connectivity index (χ3n) is 1.70. The van der Waals surface area contributed by atoms with Gasteiger partial charge in [0.05, 0.1) is 0 Å². The van der Waals surface area contributed by atoms with Crippen LogP contribution in [0.2, 0.25) is 5.28 Å². The van der Waals surface area contributed by atoms with E-state index in [1.54, 1.807) is 13.2 Å². The third-order valence-corrected chi connectivity index (χ3v) is 1.87. The van der Waals surface area contributed by atoms with Gasteiger partial charge in [-0.05, 0) is 11.6 Å². The zero-order valence-electron chi connectivity index (χ0n) is 8.35. The second-order valence-corrected chi connectivity index (χ2v) is 3.24. The predicted molar refractivity (Wildman–Crippen MR) is 55.5 cm³/mol. The van der Waals surface area contributed by atoms with Crippen LogP contribution in [-0.4, -0.2) is 27.2 Å². The minimum absolute atomic E-state index is 0.0128. The summed E-state index contributed by atoms with van der Waals surface area (Å²) in [7, 11) is 1.56. The van der Waals surface area contributed by atoms with Gasteiger partial charge in [0.25, 0.3) is 0 Å². The van der Waals surface area contributed by atoms with Gasteiger partial charge in [0.15, 0.2) is 17.3 Å². The summed E-state index contributed by atoms with van der Waals surface area (Å²) in [4.78, 5) is 11.4. The van der Waals surface area contributed by atoms with E-state index >= 15 is 0 Å². The van der Waals surface area contributed by atoms with E-state index < -0.39 is 0 Å².